The van der Waals surface area contributed by atoms with Crippen LogP contribution in [-0.4, -0.2) is 63.6 Å². The summed E-state index contributed by atoms with van der Waals surface area (Å²) in [5.74, 6) is 0.310. The summed E-state index contributed by atoms with van der Waals surface area (Å²) in [7, 11) is 1.58. The minimum absolute atomic E-state index is 0.0191. The van der Waals surface area contributed by atoms with Crippen molar-refractivity contribution in [2.24, 2.45) is 0 Å². The zero-order valence-electron chi connectivity index (χ0n) is 18.5. The predicted molar refractivity (Wildman–Crippen MR) is 127 cm³/mol. The number of methoxy groups -OCH3 is 1. The number of rotatable bonds is 5. The number of carbonyl (C=O) groups excluding carboxylic acids is 1. The minimum Gasteiger partial charge on any atom is -0.497 e. The normalized spacial score (nSPS) is 14.5. The molecule has 1 amide bonds. The monoisotopic (exact) mass is 479 g/mol. The molecule has 0 radical (unpaired) electrons. The molecular weight excluding hydrogens is 457 g/mol. The molecule has 0 unspecified atom stereocenters. The summed E-state index contributed by atoms with van der Waals surface area (Å²) in [5, 5.41) is 4.94. The maximum absolute atomic E-state index is 13.2. The number of benzene rings is 2. The van der Waals surface area contributed by atoms with Gasteiger partial charge in [-0.15, -0.1) is 0 Å². The molecule has 0 bridgehead atoms. The van der Waals surface area contributed by atoms with E-state index in [1.54, 1.807) is 31.4 Å². The summed E-state index contributed by atoms with van der Waals surface area (Å²) in [4.78, 5) is 34.6. The van der Waals surface area contributed by atoms with Gasteiger partial charge in [0.1, 0.15) is 16.6 Å². The Balaban J connectivity index is 1.26. The van der Waals surface area contributed by atoms with E-state index in [0.29, 0.717) is 59.7 Å². The Bertz CT molecular complexity index is 1390. The first-order chi connectivity index (χ1) is 16.5. The number of hydrogen-bond acceptors (Lipinski definition) is 7. The minimum atomic E-state index is -0.326. The number of carbonyl (C=O) groups is 1. The number of nitrogens with zero attached hydrogens (tertiary/aromatic N) is 5. The maximum atomic E-state index is 13.2. The van der Waals surface area contributed by atoms with Gasteiger partial charge in [0.05, 0.1) is 12.8 Å². The predicted octanol–water partition coefficient (Wildman–Crippen LogP) is 2.92. The van der Waals surface area contributed by atoms with Crippen molar-refractivity contribution < 1.29 is 13.9 Å². The van der Waals surface area contributed by atoms with Gasteiger partial charge in [-0.05, 0) is 42.5 Å². The molecule has 2 aromatic carbocycles. The van der Waals surface area contributed by atoms with Crippen molar-refractivity contribution in [3.63, 3.8) is 0 Å². The number of piperazine rings is 1. The van der Waals surface area contributed by atoms with Gasteiger partial charge in [0.25, 0.3) is 11.5 Å². The first-order valence-corrected chi connectivity index (χ1v) is 11.6. The number of hydrogen-bond donors (Lipinski definition) is 0. The summed E-state index contributed by atoms with van der Waals surface area (Å²) in [6, 6.07) is 14.6. The Kier molecular flexibility index (Phi) is 6.08. The SMILES string of the molecule is COc1cccc(C(=O)N2CCN(Cc3cc(=O)n4nc(-c5ccc(F)cc5)sc4n3)CC2)c1. The van der Waals surface area contributed by atoms with Crippen LogP contribution in [0.25, 0.3) is 15.5 Å². The van der Waals surface area contributed by atoms with E-state index in [0.717, 1.165) is 5.56 Å². The molecule has 1 saturated heterocycles. The third-order valence-electron chi connectivity index (χ3n) is 5.75. The zero-order valence-corrected chi connectivity index (χ0v) is 19.3. The van der Waals surface area contributed by atoms with E-state index < -0.39 is 0 Å². The van der Waals surface area contributed by atoms with Gasteiger partial charge in [-0.3, -0.25) is 14.5 Å². The van der Waals surface area contributed by atoms with E-state index in [9.17, 15) is 14.0 Å². The molecule has 174 valence electrons. The molecular formula is C24H22FN5O3S. The fourth-order valence-electron chi connectivity index (χ4n) is 3.92. The molecule has 5 rings (SSSR count). The highest BCUT2D eigenvalue weighted by molar-refractivity contribution is 7.19. The standard InChI is InChI=1S/C24H22FN5O3S/c1-33-20-4-2-3-17(13-20)23(32)29-11-9-28(10-12-29)15-19-14-21(31)30-24(26-19)34-22(27-30)16-5-7-18(25)8-6-16/h2-8,13-14H,9-12,15H2,1H3. The van der Waals surface area contributed by atoms with Crippen molar-refractivity contribution in [3.8, 4) is 16.3 Å². The molecule has 2 aromatic heterocycles. The molecule has 8 nitrogen and oxygen atoms in total. The smallest absolute Gasteiger partial charge is 0.275 e. The number of ether oxygens (including phenoxy) is 1. The molecule has 34 heavy (non-hydrogen) atoms. The summed E-state index contributed by atoms with van der Waals surface area (Å²) in [5.41, 5.74) is 1.74. The van der Waals surface area contributed by atoms with Crippen molar-refractivity contribution >= 4 is 22.2 Å². The van der Waals surface area contributed by atoms with Crippen molar-refractivity contribution in [2.75, 3.05) is 33.3 Å². The van der Waals surface area contributed by atoms with Gasteiger partial charge >= 0.3 is 0 Å². The van der Waals surface area contributed by atoms with Crippen molar-refractivity contribution in [2.45, 2.75) is 6.54 Å². The fraction of sp³-hybridized carbons (Fsp3) is 0.250. The lowest BCUT2D eigenvalue weighted by Crippen LogP contribution is -2.48. The number of aromatic nitrogens is 3. The van der Waals surface area contributed by atoms with Crippen LogP contribution in [0, 0.1) is 5.82 Å². The van der Waals surface area contributed by atoms with Gasteiger partial charge < -0.3 is 9.64 Å². The van der Waals surface area contributed by atoms with Crippen LogP contribution in [0.1, 0.15) is 16.1 Å². The third-order valence-corrected chi connectivity index (χ3v) is 6.71. The van der Waals surface area contributed by atoms with Crippen LogP contribution >= 0.6 is 11.3 Å². The Hall–Kier alpha value is -3.63. The van der Waals surface area contributed by atoms with E-state index in [1.165, 1.54) is 34.1 Å². The lowest BCUT2D eigenvalue weighted by Gasteiger charge is -2.34. The highest BCUT2D eigenvalue weighted by Crippen LogP contribution is 2.24. The van der Waals surface area contributed by atoms with Gasteiger partial charge in [-0.25, -0.2) is 9.37 Å². The molecule has 0 N–H and O–H groups in total. The van der Waals surface area contributed by atoms with Crippen LogP contribution in [0.3, 0.4) is 0 Å². The molecule has 10 heteroatoms. The number of amides is 1. The summed E-state index contributed by atoms with van der Waals surface area (Å²) >= 11 is 1.29. The van der Waals surface area contributed by atoms with Crippen molar-refractivity contribution in [1.82, 2.24) is 24.4 Å². The van der Waals surface area contributed by atoms with E-state index in [4.69, 9.17) is 4.74 Å². The maximum Gasteiger partial charge on any atom is 0.275 e. The molecule has 1 fully saturated rings. The average Bonchev–Trinajstić information content (AvgIpc) is 3.29. The molecule has 1 aliphatic heterocycles. The van der Waals surface area contributed by atoms with Gasteiger partial charge in [0.2, 0.25) is 4.96 Å². The summed E-state index contributed by atoms with van der Waals surface area (Å²) < 4.78 is 19.7. The molecule has 0 spiro atoms. The van der Waals surface area contributed by atoms with E-state index >= 15 is 0 Å². The van der Waals surface area contributed by atoms with Gasteiger partial charge in [0.15, 0.2) is 0 Å². The van der Waals surface area contributed by atoms with Crippen LogP contribution < -0.4 is 10.3 Å². The molecule has 4 aromatic rings. The highest BCUT2D eigenvalue weighted by atomic mass is 32.1. The van der Waals surface area contributed by atoms with Gasteiger partial charge in [-0.1, -0.05) is 17.4 Å². The first kappa shape index (κ1) is 22.2. The van der Waals surface area contributed by atoms with Gasteiger partial charge in [-0.2, -0.15) is 9.61 Å². The third kappa shape index (κ3) is 4.55. The molecule has 1 aliphatic rings. The van der Waals surface area contributed by atoms with Crippen molar-refractivity contribution in [1.29, 1.82) is 0 Å². The largest absolute Gasteiger partial charge is 0.497 e. The lowest BCUT2D eigenvalue weighted by atomic mass is 10.1. The lowest BCUT2D eigenvalue weighted by molar-refractivity contribution is 0.0626. The van der Waals surface area contributed by atoms with Crippen LogP contribution in [0.15, 0.2) is 59.4 Å². The molecule has 0 saturated carbocycles. The Labute approximate surface area is 198 Å². The first-order valence-electron chi connectivity index (χ1n) is 10.8. The molecule has 3 heterocycles. The topological polar surface area (TPSA) is 80.0 Å². The van der Waals surface area contributed by atoms with Crippen LogP contribution in [-0.2, 0) is 6.54 Å². The molecule has 0 aliphatic carbocycles. The number of fused-ring (bicyclic) bond motifs is 1. The van der Waals surface area contributed by atoms with Gasteiger partial charge in [0, 0.05) is 49.9 Å². The Morgan fingerprint density at radius 1 is 1.09 bits per heavy atom. The second-order valence-electron chi connectivity index (χ2n) is 7.99. The van der Waals surface area contributed by atoms with E-state index in [-0.39, 0.29) is 17.3 Å². The van der Waals surface area contributed by atoms with Crippen LogP contribution in [0.5, 0.6) is 5.75 Å². The molecule has 0 atom stereocenters. The summed E-state index contributed by atoms with van der Waals surface area (Å²) in [6.07, 6.45) is 0. The highest BCUT2D eigenvalue weighted by Gasteiger charge is 2.23. The second-order valence-corrected chi connectivity index (χ2v) is 8.95. The van der Waals surface area contributed by atoms with E-state index in [2.05, 4.69) is 15.0 Å². The Morgan fingerprint density at radius 3 is 2.59 bits per heavy atom. The van der Waals surface area contributed by atoms with E-state index in [1.807, 2.05) is 17.0 Å². The second kappa shape index (κ2) is 9.32. The van der Waals surface area contributed by atoms with Crippen molar-refractivity contribution in [3.05, 3.63) is 82.0 Å². The quantitative estimate of drug-likeness (QED) is 0.438. The number of halogens is 1. The van der Waals surface area contributed by atoms with Crippen LogP contribution in [0.2, 0.25) is 0 Å². The zero-order chi connectivity index (χ0) is 23.7. The Morgan fingerprint density at radius 2 is 1.85 bits per heavy atom. The van der Waals surface area contributed by atoms with Crippen LogP contribution in [0.4, 0.5) is 4.39 Å². The summed E-state index contributed by atoms with van der Waals surface area (Å²) in [6.45, 7) is 3.05. The fourth-order valence-corrected chi connectivity index (χ4v) is 4.85. The average molecular weight is 480 g/mol.